The maximum Gasteiger partial charge on any atom is 0.362 e. The highest BCUT2D eigenvalue weighted by molar-refractivity contribution is 7.86. The third-order valence-corrected chi connectivity index (χ3v) is 6.18. The maximum atomic E-state index is 12.7. The number of β-lactam (4-membered cyclic amide) rings is 1. The van der Waals surface area contributed by atoms with E-state index in [9.17, 15) is 35.8 Å². The number of carbonyl (C=O) groups excluding carboxylic acids is 3. The molecule has 2 unspecified atom stereocenters. The van der Waals surface area contributed by atoms with E-state index in [0.717, 1.165) is 18.4 Å². The molecule has 0 bridgehead atoms. The lowest BCUT2D eigenvalue weighted by Gasteiger charge is -2.43. The van der Waals surface area contributed by atoms with Crippen molar-refractivity contribution in [3.63, 3.8) is 0 Å². The Labute approximate surface area is 190 Å². The van der Waals surface area contributed by atoms with E-state index in [1.165, 1.54) is 5.38 Å². The number of halogens is 1. The monoisotopic (exact) mass is 533 g/mol. The quantitative estimate of drug-likeness (QED) is 0.0757. The highest BCUT2D eigenvalue weighted by Crippen LogP contribution is 2.25. The minimum Gasteiger partial charge on any atom is -0.398 e. The summed E-state index contributed by atoms with van der Waals surface area (Å²) in [6.07, 6.45) is 0.686. The number of thiazole rings is 1. The fraction of sp³-hybridized carbons (Fsp3) is 0.462. The van der Waals surface area contributed by atoms with Crippen LogP contribution in [0.15, 0.2) is 10.5 Å². The standard InChI is InChI=1S/C13H16ClN5O10S3/c1-28-18-9(6-5-30-13(15-6)16-8(20)3-14)11(21)17-10-7(4-29-31(2,23)24)19(12(10)22)32(25,26)27/h5,7,10H,3-4H2,1-2H3,(H,17,21)(H,15,16,20)(H,25,26,27). The molecule has 1 aromatic heterocycles. The summed E-state index contributed by atoms with van der Waals surface area (Å²) in [5.74, 6) is -3.18. The van der Waals surface area contributed by atoms with Crippen molar-refractivity contribution in [3.8, 4) is 0 Å². The van der Waals surface area contributed by atoms with Crippen LogP contribution < -0.4 is 10.6 Å². The molecule has 0 aliphatic carbocycles. The first kappa shape index (κ1) is 25.9. The molecule has 2 rings (SSSR count). The molecule has 0 spiro atoms. The molecule has 0 radical (unpaired) electrons. The minimum absolute atomic E-state index is 0.0289. The Morgan fingerprint density at radius 1 is 1.38 bits per heavy atom. The van der Waals surface area contributed by atoms with Crippen LogP contribution >= 0.6 is 22.9 Å². The van der Waals surface area contributed by atoms with Crippen molar-refractivity contribution in [2.75, 3.05) is 31.2 Å². The molecule has 0 saturated carbocycles. The van der Waals surface area contributed by atoms with E-state index in [1.54, 1.807) is 0 Å². The van der Waals surface area contributed by atoms with Crippen molar-refractivity contribution >= 4 is 71.9 Å². The van der Waals surface area contributed by atoms with Gasteiger partial charge in [-0.1, -0.05) is 5.16 Å². The lowest BCUT2D eigenvalue weighted by molar-refractivity contribution is -0.146. The van der Waals surface area contributed by atoms with Gasteiger partial charge in [0.2, 0.25) is 5.91 Å². The van der Waals surface area contributed by atoms with Gasteiger partial charge in [0.1, 0.15) is 30.8 Å². The average Bonchev–Trinajstić information content (AvgIpc) is 3.12. The number of aromatic nitrogens is 1. The Morgan fingerprint density at radius 2 is 2.03 bits per heavy atom. The Kier molecular flexibility index (Phi) is 8.12. The van der Waals surface area contributed by atoms with Gasteiger partial charge in [0, 0.05) is 5.38 Å². The summed E-state index contributed by atoms with van der Waals surface area (Å²) in [7, 11) is -7.97. The lowest BCUT2D eigenvalue weighted by Crippen LogP contribution is -2.73. The Morgan fingerprint density at radius 3 is 2.56 bits per heavy atom. The van der Waals surface area contributed by atoms with Crippen LogP contribution in [-0.4, -0.2) is 92.0 Å². The predicted molar refractivity (Wildman–Crippen MR) is 110 cm³/mol. The zero-order valence-electron chi connectivity index (χ0n) is 16.2. The SMILES string of the molecule is CON=C(C(=O)NC1C(=O)N(S(=O)(=O)O)C1COS(C)(=O)=O)c1csc(NC(=O)CCl)n1. The fourth-order valence-corrected chi connectivity index (χ4v) is 4.45. The molecule has 1 aliphatic heterocycles. The average molecular weight is 534 g/mol. The molecule has 1 aromatic rings. The van der Waals surface area contributed by atoms with Gasteiger partial charge < -0.3 is 15.5 Å². The molecular formula is C13H16ClN5O10S3. The topological polar surface area (TPSA) is 211 Å². The molecule has 32 heavy (non-hydrogen) atoms. The fourth-order valence-electron chi connectivity index (χ4n) is 2.42. The number of nitrogens with one attached hydrogen (secondary N) is 2. The summed E-state index contributed by atoms with van der Waals surface area (Å²) < 4.78 is 58.9. The molecule has 19 heteroatoms. The number of oxime groups is 1. The van der Waals surface area contributed by atoms with Gasteiger partial charge >= 0.3 is 10.3 Å². The van der Waals surface area contributed by atoms with Crippen LogP contribution in [0.3, 0.4) is 0 Å². The van der Waals surface area contributed by atoms with Gasteiger partial charge in [-0.2, -0.15) is 16.8 Å². The largest absolute Gasteiger partial charge is 0.398 e. The highest BCUT2D eigenvalue weighted by atomic mass is 35.5. The van der Waals surface area contributed by atoms with E-state index < -0.39 is 62.5 Å². The number of hydrogen-bond donors (Lipinski definition) is 3. The van der Waals surface area contributed by atoms with Gasteiger partial charge in [-0.05, 0) is 0 Å². The molecule has 3 amide bonds. The van der Waals surface area contributed by atoms with Gasteiger partial charge in [0.05, 0.1) is 12.9 Å². The highest BCUT2D eigenvalue weighted by Gasteiger charge is 2.54. The molecule has 0 aromatic carbocycles. The van der Waals surface area contributed by atoms with Crippen LogP contribution in [0.2, 0.25) is 0 Å². The van der Waals surface area contributed by atoms with Gasteiger partial charge in [0.15, 0.2) is 10.8 Å². The van der Waals surface area contributed by atoms with Gasteiger partial charge in [0.25, 0.3) is 21.9 Å². The molecule has 178 valence electrons. The number of hydrogen-bond acceptors (Lipinski definition) is 12. The van der Waals surface area contributed by atoms with Crippen LogP contribution in [0.5, 0.6) is 0 Å². The van der Waals surface area contributed by atoms with Gasteiger partial charge in [-0.15, -0.1) is 22.9 Å². The van der Waals surface area contributed by atoms with E-state index >= 15 is 0 Å². The first-order valence-corrected chi connectivity index (χ1v) is 12.8. The van der Waals surface area contributed by atoms with Crippen LogP contribution in [0.1, 0.15) is 5.69 Å². The van der Waals surface area contributed by atoms with Crippen molar-refractivity contribution in [1.82, 2.24) is 14.6 Å². The van der Waals surface area contributed by atoms with Crippen molar-refractivity contribution in [3.05, 3.63) is 11.1 Å². The Bertz CT molecular complexity index is 1150. The Hall–Kier alpha value is -2.38. The predicted octanol–water partition coefficient (Wildman–Crippen LogP) is -1.85. The summed E-state index contributed by atoms with van der Waals surface area (Å²) >= 11 is 6.32. The van der Waals surface area contributed by atoms with Crippen LogP contribution in [0.4, 0.5) is 5.13 Å². The summed E-state index contributed by atoms with van der Waals surface area (Å²) in [5, 5.41) is 9.45. The maximum absolute atomic E-state index is 12.7. The minimum atomic E-state index is -5.05. The molecule has 2 heterocycles. The summed E-state index contributed by atoms with van der Waals surface area (Å²) in [6, 6.07) is -3.14. The van der Waals surface area contributed by atoms with Gasteiger partial charge in [-0.3, -0.25) is 23.1 Å². The first-order chi connectivity index (χ1) is 14.8. The number of nitrogens with zero attached hydrogens (tertiary/aromatic N) is 3. The van der Waals surface area contributed by atoms with E-state index in [2.05, 4.69) is 29.8 Å². The molecule has 1 saturated heterocycles. The zero-order valence-corrected chi connectivity index (χ0v) is 19.4. The number of alkyl halides is 1. The molecule has 1 fully saturated rings. The van der Waals surface area contributed by atoms with Gasteiger partial charge in [-0.25, -0.2) is 9.29 Å². The van der Waals surface area contributed by atoms with Crippen molar-refractivity contribution in [1.29, 1.82) is 0 Å². The third-order valence-electron chi connectivity index (χ3n) is 3.67. The van der Waals surface area contributed by atoms with E-state index in [-0.39, 0.29) is 21.0 Å². The molecule has 3 N–H and O–H groups in total. The molecule has 2 atom stereocenters. The van der Waals surface area contributed by atoms with Crippen LogP contribution in [0, 0.1) is 0 Å². The van der Waals surface area contributed by atoms with E-state index in [1.807, 2.05) is 0 Å². The van der Waals surface area contributed by atoms with Crippen molar-refractivity contribution < 1.29 is 44.8 Å². The molecular weight excluding hydrogens is 518 g/mol. The second kappa shape index (κ2) is 10.0. The third kappa shape index (κ3) is 6.33. The van der Waals surface area contributed by atoms with Crippen LogP contribution in [0.25, 0.3) is 0 Å². The van der Waals surface area contributed by atoms with E-state index in [0.29, 0.717) is 6.26 Å². The number of rotatable bonds is 10. The second-order valence-electron chi connectivity index (χ2n) is 5.96. The number of carbonyl (C=O) groups is 3. The second-order valence-corrected chi connectivity index (χ2v) is 10.0. The van der Waals surface area contributed by atoms with Crippen molar-refractivity contribution in [2.24, 2.45) is 5.16 Å². The number of anilines is 1. The van der Waals surface area contributed by atoms with Crippen LogP contribution in [-0.2, 0) is 43.8 Å². The van der Waals surface area contributed by atoms with Crippen molar-refractivity contribution in [2.45, 2.75) is 12.1 Å². The lowest BCUT2D eigenvalue weighted by atomic mass is 9.99. The number of amides is 3. The molecule has 15 nitrogen and oxygen atoms in total. The summed E-state index contributed by atoms with van der Waals surface area (Å²) in [5.41, 5.74) is -0.516. The Balaban J connectivity index is 2.23. The summed E-state index contributed by atoms with van der Waals surface area (Å²) in [4.78, 5) is 44.8. The normalized spacial score (nSPS) is 19.3. The molecule has 1 aliphatic rings. The first-order valence-electron chi connectivity index (χ1n) is 8.17. The van der Waals surface area contributed by atoms with E-state index in [4.69, 9.17) is 11.6 Å². The zero-order chi connectivity index (χ0) is 24.3. The smallest absolute Gasteiger partial charge is 0.362 e. The summed E-state index contributed by atoms with van der Waals surface area (Å²) in [6.45, 7) is -0.864.